The Bertz CT molecular complexity index is 1780. The van der Waals surface area contributed by atoms with E-state index in [4.69, 9.17) is 16.0 Å². The number of hydrogen-bond acceptors (Lipinski definition) is 3. The highest BCUT2D eigenvalue weighted by Crippen LogP contribution is 2.27. The van der Waals surface area contributed by atoms with E-state index in [-0.39, 0.29) is 11.2 Å². The summed E-state index contributed by atoms with van der Waals surface area (Å²) in [4.78, 5) is 4.12. The van der Waals surface area contributed by atoms with Gasteiger partial charge >= 0.3 is 6.36 Å². The molecule has 1 aromatic heterocycles. The Morgan fingerprint density at radius 3 is 1.34 bits per heavy atom. The normalized spacial score (nSPS) is 11.9. The van der Waals surface area contributed by atoms with E-state index >= 15 is 0 Å². The topological polar surface area (TPSA) is 35.3 Å². The SMILES string of the molecule is CC(C)(C)Cc1ccc(-c2ncco2)cc1.CC(C)(C)Cc1ccc(OC(F)(F)F)cc1.CC(C)(C)Cc1cccc(Cl)c1.Cc1ccc(CC(C)(C)C)cc1. The number of aromatic nitrogens is 1. The molecule has 0 aliphatic carbocycles. The van der Waals surface area contributed by atoms with Gasteiger partial charge in [0.05, 0.1) is 6.20 Å². The zero-order valence-corrected chi connectivity index (χ0v) is 36.8. The third kappa shape index (κ3) is 23.1. The number of rotatable bonds is 6. The van der Waals surface area contributed by atoms with Crippen molar-refractivity contribution in [2.45, 2.75) is 122 Å². The van der Waals surface area contributed by atoms with Crippen molar-refractivity contribution in [1.29, 1.82) is 0 Å². The minimum Gasteiger partial charge on any atom is -0.445 e. The summed E-state index contributed by atoms with van der Waals surface area (Å²) < 4.78 is 44.7. The number of alkyl halides is 3. The zero-order valence-electron chi connectivity index (χ0n) is 36.0. The van der Waals surface area contributed by atoms with E-state index in [1.165, 1.54) is 34.4 Å². The molecule has 0 saturated carbocycles. The molecule has 0 saturated heterocycles. The summed E-state index contributed by atoms with van der Waals surface area (Å²) in [6.45, 7) is 28.6. The molecule has 5 rings (SSSR count). The van der Waals surface area contributed by atoms with E-state index < -0.39 is 6.36 Å². The second kappa shape index (κ2) is 20.9. The molecular formula is C49H65ClF3NO2. The minimum atomic E-state index is -4.62. The van der Waals surface area contributed by atoms with Crippen LogP contribution in [0.15, 0.2) is 114 Å². The van der Waals surface area contributed by atoms with Crippen LogP contribution < -0.4 is 4.74 Å². The molecule has 0 amide bonds. The third-order valence-electron chi connectivity index (χ3n) is 7.74. The smallest absolute Gasteiger partial charge is 0.445 e. The number of hydrogen-bond donors (Lipinski definition) is 0. The molecule has 0 bridgehead atoms. The molecule has 0 atom stereocenters. The van der Waals surface area contributed by atoms with E-state index in [1.807, 2.05) is 18.2 Å². The van der Waals surface area contributed by atoms with Gasteiger partial charge in [-0.1, -0.05) is 161 Å². The Kier molecular flexibility index (Phi) is 18.0. The van der Waals surface area contributed by atoms with Crippen LogP contribution in [0.4, 0.5) is 13.2 Å². The van der Waals surface area contributed by atoms with Gasteiger partial charge in [-0.25, -0.2) is 4.98 Å². The molecule has 0 aliphatic rings. The quantitative estimate of drug-likeness (QED) is 0.172. The molecule has 7 heteroatoms. The van der Waals surface area contributed by atoms with Crippen LogP contribution in [0.5, 0.6) is 5.75 Å². The molecule has 0 fully saturated rings. The third-order valence-corrected chi connectivity index (χ3v) is 7.97. The molecule has 0 spiro atoms. The van der Waals surface area contributed by atoms with Gasteiger partial charge in [0.1, 0.15) is 12.0 Å². The van der Waals surface area contributed by atoms with E-state index in [2.05, 4.69) is 154 Å². The summed E-state index contributed by atoms with van der Waals surface area (Å²) in [7, 11) is 0. The maximum absolute atomic E-state index is 11.9. The van der Waals surface area contributed by atoms with Crippen molar-refractivity contribution in [3.05, 3.63) is 142 Å². The first-order valence-corrected chi connectivity index (χ1v) is 19.7. The summed E-state index contributed by atoms with van der Waals surface area (Å²) in [5.41, 5.74) is 8.65. The molecule has 0 N–H and O–H groups in total. The lowest BCUT2D eigenvalue weighted by atomic mass is 9.88. The number of aryl methyl sites for hydroxylation is 1. The molecule has 3 nitrogen and oxygen atoms in total. The maximum atomic E-state index is 11.9. The van der Waals surface area contributed by atoms with Crippen molar-refractivity contribution in [2.24, 2.45) is 21.7 Å². The lowest BCUT2D eigenvalue weighted by Crippen LogP contribution is -2.17. The molecule has 0 unspecified atom stereocenters. The monoisotopic (exact) mass is 791 g/mol. The van der Waals surface area contributed by atoms with Crippen molar-refractivity contribution >= 4 is 11.6 Å². The average Bonchev–Trinajstić information content (AvgIpc) is 3.56. The molecule has 0 radical (unpaired) electrons. The van der Waals surface area contributed by atoms with Crippen molar-refractivity contribution < 1.29 is 22.3 Å². The molecule has 1 heterocycles. The molecule has 56 heavy (non-hydrogen) atoms. The summed E-state index contributed by atoms with van der Waals surface area (Å²) in [5, 5.41) is 0.830. The van der Waals surface area contributed by atoms with Gasteiger partial charge in [0, 0.05) is 10.6 Å². The number of halogens is 4. The predicted molar refractivity (Wildman–Crippen MR) is 230 cm³/mol. The number of benzene rings is 4. The summed E-state index contributed by atoms with van der Waals surface area (Å²) in [6, 6.07) is 31.3. The fourth-order valence-electron chi connectivity index (χ4n) is 5.74. The van der Waals surface area contributed by atoms with Crippen LogP contribution in [-0.2, 0) is 25.7 Å². The van der Waals surface area contributed by atoms with Gasteiger partial charge in [-0.3, -0.25) is 0 Å². The lowest BCUT2D eigenvalue weighted by molar-refractivity contribution is -0.274. The first-order valence-electron chi connectivity index (χ1n) is 19.3. The van der Waals surface area contributed by atoms with Gasteiger partial charge in [0.15, 0.2) is 0 Å². The largest absolute Gasteiger partial charge is 0.573 e. The fourth-order valence-corrected chi connectivity index (χ4v) is 5.96. The maximum Gasteiger partial charge on any atom is 0.573 e. The van der Waals surface area contributed by atoms with E-state index in [0.717, 1.165) is 41.8 Å². The zero-order chi connectivity index (χ0) is 42.4. The second-order valence-corrected chi connectivity index (χ2v) is 19.7. The van der Waals surface area contributed by atoms with Crippen LogP contribution in [0, 0.1) is 28.6 Å². The van der Waals surface area contributed by atoms with Crippen LogP contribution in [0.3, 0.4) is 0 Å². The Morgan fingerprint density at radius 2 is 0.964 bits per heavy atom. The molecule has 5 aromatic rings. The Balaban J connectivity index is 0.000000260. The molecule has 306 valence electrons. The minimum absolute atomic E-state index is 0.117. The van der Waals surface area contributed by atoms with Crippen molar-refractivity contribution in [3.63, 3.8) is 0 Å². The van der Waals surface area contributed by atoms with Gasteiger partial charge in [-0.2, -0.15) is 0 Å². The van der Waals surface area contributed by atoms with Crippen LogP contribution in [0.2, 0.25) is 5.02 Å². The van der Waals surface area contributed by atoms with Crippen LogP contribution in [0.25, 0.3) is 11.5 Å². The summed E-state index contributed by atoms with van der Waals surface area (Å²) in [6.07, 6.45) is 2.78. The first-order chi connectivity index (χ1) is 25.6. The summed E-state index contributed by atoms with van der Waals surface area (Å²) >= 11 is 5.87. The fraction of sp³-hybridized carbons (Fsp3) is 0.449. The molecule has 4 aromatic carbocycles. The van der Waals surface area contributed by atoms with Gasteiger partial charge < -0.3 is 9.15 Å². The highest BCUT2D eigenvalue weighted by atomic mass is 35.5. The van der Waals surface area contributed by atoms with E-state index in [9.17, 15) is 13.2 Å². The number of nitrogens with zero attached hydrogens (tertiary/aromatic N) is 1. The highest BCUT2D eigenvalue weighted by Gasteiger charge is 2.31. The number of oxazole rings is 1. The first kappa shape index (κ1) is 48.1. The van der Waals surface area contributed by atoms with Gasteiger partial charge in [0.25, 0.3) is 0 Å². The Labute approximate surface area is 341 Å². The van der Waals surface area contributed by atoms with Crippen LogP contribution in [0.1, 0.15) is 111 Å². The Morgan fingerprint density at radius 1 is 0.554 bits per heavy atom. The van der Waals surface area contributed by atoms with E-state index in [1.54, 1.807) is 24.6 Å². The summed E-state index contributed by atoms with van der Waals surface area (Å²) in [5.74, 6) is 0.507. The van der Waals surface area contributed by atoms with Gasteiger partial charge in [-0.05, 0) is 113 Å². The number of ether oxygens (including phenoxy) is 1. The Hall–Kier alpha value is -4.03. The van der Waals surface area contributed by atoms with Crippen molar-refractivity contribution in [3.8, 4) is 17.2 Å². The lowest BCUT2D eigenvalue weighted by Gasteiger charge is -2.18. The van der Waals surface area contributed by atoms with Crippen LogP contribution >= 0.6 is 11.6 Å². The molecular weight excluding hydrogens is 727 g/mol. The van der Waals surface area contributed by atoms with Gasteiger partial charge in [-0.15, -0.1) is 13.2 Å². The van der Waals surface area contributed by atoms with Crippen molar-refractivity contribution in [1.82, 2.24) is 4.98 Å². The highest BCUT2D eigenvalue weighted by molar-refractivity contribution is 6.30. The molecule has 0 aliphatic heterocycles. The predicted octanol–water partition coefficient (Wildman–Crippen LogP) is 15.6. The second-order valence-electron chi connectivity index (χ2n) is 19.3. The van der Waals surface area contributed by atoms with Crippen LogP contribution in [-0.4, -0.2) is 11.3 Å². The van der Waals surface area contributed by atoms with Gasteiger partial charge in [0.2, 0.25) is 5.89 Å². The van der Waals surface area contributed by atoms with Crippen molar-refractivity contribution in [2.75, 3.05) is 0 Å². The van der Waals surface area contributed by atoms with E-state index in [0.29, 0.717) is 22.1 Å². The standard InChI is InChI=1S/C14H17NO.C12H15F3O.C12H18.C11H15Cl/c1-14(2,3)10-11-4-6-12(7-5-11)13-15-8-9-16-13;1-11(2,3)8-9-4-6-10(7-5-9)16-12(13,14)15;1-10-5-7-11(8-6-10)9-12(2,3)4;1-11(2,3)8-9-5-4-6-10(12)7-9/h4-9H,10H2,1-3H3;4-7H,8H2,1-3H3;5-8H,9H2,1-4H3;4-7H,8H2,1-3H3. The average molecular weight is 793 g/mol.